The lowest BCUT2D eigenvalue weighted by molar-refractivity contribution is 0.102. The van der Waals surface area contributed by atoms with E-state index in [1.165, 1.54) is 18.8 Å². The lowest BCUT2D eigenvalue weighted by Gasteiger charge is -2.16. The van der Waals surface area contributed by atoms with E-state index in [0.29, 0.717) is 27.8 Å². The highest BCUT2D eigenvalue weighted by atomic mass is 32.2. The molecule has 172 valence electrons. The average Bonchev–Trinajstić information content (AvgIpc) is 2.87. The van der Waals surface area contributed by atoms with Crippen LogP contribution in [0.3, 0.4) is 0 Å². The van der Waals surface area contributed by atoms with Gasteiger partial charge in [-0.3, -0.25) is 9.10 Å². The van der Waals surface area contributed by atoms with Gasteiger partial charge in [0.25, 0.3) is 0 Å². The number of carbonyl (C=O) groups excluding carboxylic acids is 1. The van der Waals surface area contributed by atoms with Crippen LogP contribution in [-0.2, 0) is 10.0 Å². The first kappa shape index (κ1) is 23.6. The van der Waals surface area contributed by atoms with Gasteiger partial charge in [-0.2, -0.15) is 0 Å². The van der Waals surface area contributed by atoms with Crippen LogP contribution < -0.4 is 4.31 Å². The van der Waals surface area contributed by atoms with Crippen LogP contribution in [0.1, 0.15) is 10.4 Å². The van der Waals surface area contributed by atoms with E-state index >= 15 is 0 Å². The third-order valence-corrected chi connectivity index (χ3v) is 7.19. The lowest BCUT2D eigenvalue weighted by Crippen LogP contribution is -2.24. The topological polar surface area (TPSA) is 93.1 Å². The smallest absolute Gasteiger partial charge is 0.231 e. The number of carbonyl (C=O) groups is 1. The molecule has 0 unspecified atom stereocenters. The second kappa shape index (κ2) is 10.1. The van der Waals surface area contributed by atoms with Crippen molar-refractivity contribution in [1.29, 1.82) is 0 Å². The van der Waals surface area contributed by atoms with E-state index in [0.717, 1.165) is 21.7 Å². The molecule has 0 fully saturated rings. The molecule has 0 radical (unpaired) electrons. The molecule has 1 heterocycles. The second-order valence-corrected chi connectivity index (χ2v) is 10.5. The molecule has 0 aliphatic rings. The molecule has 9 heteroatoms. The Kier molecular flexibility index (Phi) is 7.04. The number of ketones is 1. The van der Waals surface area contributed by atoms with E-state index in [9.17, 15) is 13.2 Å². The largest absolute Gasteiger partial charge is 0.293 e. The third-order valence-electron chi connectivity index (χ3n) is 5.14. The zero-order chi connectivity index (χ0) is 24.1. The van der Waals surface area contributed by atoms with Crippen molar-refractivity contribution in [3.05, 3.63) is 90.5 Å². The summed E-state index contributed by atoms with van der Waals surface area (Å²) in [7, 11) is -1.90. The Hall–Kier alpha value is -3.56. The first-order valence-electron chi connectivity index (χ1n) is 10.4. The molecule has 4 rings (SSSR count). The molecule has 34 heavy (non-hydrogen) atoms. The lowest BCUT2D eigenvalue weighted by atomic mass is 10.0. The van der Waals surface area contributed by atoms with Crippen molar-refractivity contribution in [2.75, 3.05) is 23.4 Å². The van der Waals surface area contributed by atoms with Gasteiger partial charge in [0.05, 0.1) is 17.7 Å². The number of aromatic nitrogens is 3. The molecule has 0 amide bonds. The molecule has 0 saturated heterocycles. The van der Waals surface area contributed by atoms with Crippen LogP contribution in [0.2, 0.25) is 0 Å². The molecular weight excluding hydrogens is 468 g/mol. The summed E-state index contributed by atoms with van der Waals surface area (Å²) in [6, 6.07) is 25.9. The van der Waals surface area contributed by atoms with Crippen LogP contribution in [0.15, 0.2) is 90.1 Å². The molecule has 0 aliphatic heterocycles. The summed E-state index contributed by atoms with van der Waals surface area (Å²) in [4.78, 5) is 17.4. The number of hydrogen-bond acceptors (Lipinski definition) is 7. The summed E-state index contributed by atoms with van der Waals surface area (Å²) in [5.74, 6) is 0.0116. The fraction of sp³-hybridized carbons (Fsp3) is 0.120. The van der Waals surface area contributed by atoms with E-state index in [1.807, 2.05) is 60.7 Å². The van der Waals surface area contributed by atoms with Crippen molar-refractivity contribution in [1.82, 2.24) is 15.2 Å². The third kappa shape index (κ3) is 5.49. The Balaban J connectivity index is 1.54. The van der Waals surface area contributed by atoms with Gasteiger partial charge in [0.2, 0.25) is 15.2 Å². The SMILES string of the molecule is CN(c1ccc(C(=O)CSc2nnc(-c3ccccc3)c(-c3ccccc3)n2)cc1)S(C)(=O)=O. The Bertz CT molecular complexity index is 1400. The summed E-state index contributed by atoms with van der Waals surface area (Å²) >= 11 is 1.21. The van der Waals surface area contributed by atoms with E-state index in [4.69, 9.17) is 4.98 Å². The van der Waals surface area contributed by atoms with Gasteiger partial charge < -0.3 is 0 Å². The minimum Gasteiger partial charge on any atom is -0.293 e. The van der Waals surface area contributed by atoms with Gasteiger partial charge in [-0.25, -0.2) is 13.4 Å². The Morgan fingerprint density at radius 1 is 0.824 bits per heavy atom. The van der Waals surface area contributed by atoms with E-state index in [-0.39, 0.29) is 11.5 Å². The summed E-state index contributed by atoms with van der Waals surface area (Å²) < 4.78 is 24.5. The molecule has 7 nitrogen and oxygen atoms in total. The summed E-state index contributed by atoms with van der Waals surface area (Å²) in [5.41, 5.74) is 4.17. The normalized spacial score (nSPS) is 11.2. The minimum absolute atomic E-state index is 0.115. The van der Waals surface area contributed by atoms with Crippen LogP contribution >= 0.6 is 11.8 Å². The standard InChI is InChI=1S/C25H22N4O3S2/c1-29(34(2,31)32)21-15-13-18(14-16-21)22(30)17-33-25-26-23(19-9-5-3-6-10-19)24(27-28-25)20-11-7-4-8-12-20/h3-16H,17H2,1-2H3. The van der Waals surface area contributed by atoms with E-state index < -0.39 is 10.0 Å². The van der Waals surface area contributed by atoms with Crippen LogP contribution in [0.4, 0.5) is 5.69 Å². The van der Waals surface area contributed by atoms with Crippen molar-refractivity contribution in [2.24, 2.45) is 0 Å². The molecule has 0 spiro atoms. The van der Waals surface area contributed by atoms with Gasteiger partial charge in [0.15, 0.2) is 5.78 Å². The van der Waals surface area contributed by atoms with Crippen LogP contribution in [0.5, 0.6) is 0 Å². The van der Waals surface area contributed by atoms with Crippen molar-refractivity contribution in [3.8, 4) is 22.5 Å². The number of anilines is 1. The Labute approximate surface area is 202 Å². The highest BCUT2D eigenvalue weighted by Gasteiger charge is 2.16. The Morgan fingerprint density at radius 3 is 1.94 bits per heavy atom. The van der Waals surface area contributed by atoms with Crippen molar-refractivity contribution < 1.29 is 13.2 Å². The molecule has 0 N–H and O–H groups in total. The highest BCUT2D eigenvalue weighted by molar-refractivity contribution is 7.99. The first-order chi connectivity index (χ1) is 16.3. The number of Topliss-reactive ketones (excluding diaryl/α,β-unsaturated/α-hetero) is 1. The minimum atomic E-state index is -3.37. The molecule has 4 aromatic rings. The Morgan fingerprint density at radius 2 is 1.38 bits per heavy atom. The molecule has 3 aromatic carbocycles. The fourth-order valence-electron chi connectivity index (χ4n) is 3.22. The van der Waals surface area contributed by atoms with Gasteiger partial charge in [-0.1, -0.05) is 72.4 Å². The number of nitrogens with zero attached hydrogens (tertiary/aromatic N) is 4. The highest BCUT2D eigenvalue weighted by Crippen LogP contribution is 2.30. The molecule has 0 saturated carbocycles. The zero-order valence-electron chi connectivity index (χ0n) is 18.6. The van der Waals surface area contributed by atoms with Crippen molar-refractivity contribution >= 4 is 33.3 Å². The summed E-state index contributed by atoms with van der Waals surface area (Å²) in [5, 5.41) is 9.07. The predicted octanol–water partition coefficient (Wildman–Crippen LogP) is 4.58. The molecule has 0 atom stereocenters. The van der Waals surface area contributed by atoms with E-state index in [2.05, 4.69) is 10.2 Å². The molecule has 0 bridgehead atoms. The van der Waals surface area contributed by atoms with Gasteiger partial charge in [0, 0.05) is 23.7 Å². The molecule has 1 aromatic heterocycles. The zero-order valence-corrected chi connectivity index (χ0v) is 20.3. The monoisotopic (exact) mass is 490 g/mol. The number of sulfonamides is 1. The summed E-state index contributed by atoms with van der Waals surface area (Å²) in [6.07, 6.45) is 1.13. The average molecular weight is 491 g/mol. The number of benzene rings is 3. The van der Waals surface area contributed by atoms with Gasteiger partial charge in [-0.05, 0) is 24.3 Å². The van der Waals surface area contributed by atoms with Crippen LogP contribution in [0.25, 0.3) is 22.5 Å². The maximum atomic E-state index is 12.7. The fourth-order valence-corrected chi connectivity index (χ4v) is 4.41. The maximum absolute atomic E-state index is 12.7. The summed E-state index contributed by atoms with van der Waals surface area (Å²) in [6.45, 7) is 0. The van der Waals surface area contributed by atoms with Gasteiger partial charge in [0.1, 0.15) is 11.4 Å². The van der Waals surface area contributed by atoms with Gasteiger partial charge >= 0.3 is 0 Å². The number of rotatable bonds is 8. The van der Waals surface area contributed by atoms with Crippen molar-refractivity contribution in [3.63, 3.8) is 0 Å². The first-order valence-corrected chi connectivity index (χ1v) is 13.2. The van der Waals surface area contributed by atoms with Crippen LogP contribution in [-0.4, -0.2) is 48.4 Å². The van der Waals surface area contributed by atoms with E-state index in [1.54, 1.807) is 24.3 Å². The van der Waals surface area contributed by atoms with Gasteiger partial charge in [-0.15, -0.1) is 10.2 Å². The molecule has 0 aliphatic carbocycles. The van der Waals surface area contributed by atoms with Crippen LogP contribution in [0, 0.1) is 0 Å². The number of hydrogen-bond donors (Lipinski definition) is 0. The van der Waals surface area contributed by atoms with Crippen molar-refractivity contribution in [2.45, 2.75) is 5.16 Å². The second-order valence-electron chi connectivity index (χ2n) is 7.51. The number of thioether (sulfide) groups is 1. The molecular formula is C25H22N4O3S2. The quantitative estimate of drug-likeness (QED) is 0.264. The predicted molar refractivity (Wildman–Crippen MR) is 135 cm³/mol. The maximum Gasteiger partial charge on any atom is 0.231 e.